The Morgan fingerprint density at radius 2 is 1.92 bits per heavy atom. The monoisotopic (exact) mass is 574 g/mol. The molecule has 1 fully saturated rings. The number of benzene rings is 1. The maximum Gasteiger partial charge on any atom is 0.459 e. The molecule has 6 atom stereocenters. The summed E-state index contributed by atoms with van der Waals surface area (Å²) in [5.74, 6) is -4.18. The van der Waals surface area contributed by atoms with E-state index in [1.165, 1.54) is 19.1 Å². The molecule has 0 saturated carbocycles. The smallest absolute Gasteiger partial charge is 0.459 e. The lowest BCUT2D eigenvalue weighted by atomic mass is 9.97. The number of aliphatic hydroxyl groups is 1. The lowest BCUT2D eigenvalue weighted by Gasteiger charge is -2.28. The van der Waals surface area contributed by atoms with Gasteiger partial charge in [-0.3, -0.25) is 13.9 Å². The van der Waals surface area contributed by atoms with E-state index in [4.69, 9.17) is 24.3 Å². The number of alkyl halides is 2. The van der Waals surface area contributed by atoms with Gasteiger partial charge >= 0.3 is 19.4 Å². The van der Waals surface area contributed by atoms with Crippen LogP contribution in [-0.2, 0) is 23.4 Å². The zero-order valence-electron chi connectivity index (χ0n) is 22.0. The predicted molar refractivity (Wildman–Crippen MR) is 136 cm³/mol. The zero-order chi connectivity index (χ0) is 29.0. The Kier molecular flexibility index (Phi) is 9.50. The standard InChI is InChI=1S/C24H33F2N4O8P/c1-5-16(6-2)36-19(31)15(3)29-39(34,38-17-10-8-7-9-11-17)35-14-24(26)20(32)23(4,25)21(37-24)30-13-12-18(27)28-22(30)33/h7-13,15-16,20-21,32H,5-6,14H2,1-4H3,(H,29,34)(H2,27,28,33)/t15-,20-,21+,23+,24+,39-/m0/s1. The van der Waals surface area contributed by atoms with Gasteiger partial charge in [0.2, 0.25) is 0 Å². The summed E-state index contributed by atoms with van der Waals surface area (Å²) >= 11 is 0. The average Bonchev–Trinajstić information content (AvgIpc) is 3.06. The van der Waals surface area contributed by atoms with Crippen LogP contribution in [0.1, 0.15) is 46.8 Å². The summed E-state index contributed by atoms with van der Waals surface area (Å²) in [6.45, 7) is 4.52. The Morgan fingerprint density at radius 3 is 2.51 bits per heavy atom. The Bertz CT molecular complexity index is 1250. The molecule has 0 bridgehead atoms. The molecule has 0 unspecified atom stereocenters. The zero-order valence-corrected chi connectivity index (χ0v) is 22.8. The number of rotatable bonds is 12. The van der Waals surface area contributed by atoms with Gasteiger partial charge in [-0.2, -0.15) is 10.1 Å². The summed E-state index contributed by atoms with van der Waals surface area (Å²) in [5.41, 5.74) is 1.54. The number of anilines is 1. The molecule has 4 N–H and O–H groups in total. The second kappa shape index (κ2) is 12.1. The van der Waals surface area contributed by atoms with Crippen molar-refractivity contribution in [2.24, 2.45) is 0 Å². The topological polar surface area (TPSA) is 164 Å². The Hall–Kier alpha value is -2.90. The minimum Gasteiger partial charge on any atom is -0.461 e. The first-order valence-corrected chi connectivity index (χ1v) is 13.8. The van der Waals surface area contributed by atoms with Crippen LogP contribution in [0.15, 0.2) is 47.4 Å². The maximum atomic E-state index is 15.9. The summed E-state index contributed by atoms with van der Waals surface area (Å²) in [6, 6.07) is 7.61. The molecule has 3 rings (SSSR count). The number of carbonyl (C=O) groups is 1. The number of nitrogens with two attached hydrogens (primary N) is 1. The average molecular weight is 575 g/mol. The van der Waals surface area contributed by atoms with Crippen LogP contribution in [0, 0.1) is 0 Å². The molecule has 2 heterocycles. The molecule has 216 valence electrons. The molecular formula is C24H33F2N4O8P. The van der Waals surface area contributed by atoms with Crippen molar-refractivity contribution in [2.75, 3.05) is 12.3 Å². The third kappa shape index (κ3) is 7.00. The lowest BCUT2D eigenvalue weighted by molar-refractivity contribution is -0.204. The van der Waals surface area contributed by atoms with Gasteiger partial charge in [0.25, 0.3) is 5.85 Å². The van der Waals surface area contributed by atoms with Crippen molar-refractivity contribution < 1.29 is 41.8 Å². The predicted octanol–water partition coefficient (Wildman–Crippen LogP) is 3.02. The highest BCUT2D eigenvalue weighted by molar-refractivity contribution is 7.52. The minimum atomic E-state index is -4.58. The van der Waals surface area contributed by atoms with Crippen LogP contribution in [0.25, 0.3) is 0 Å². The van der Waals surface area contributed by atoms with Crippen LogP contribution in [-0.4, -0.2) is 57.0 Å². The van der Waals surface area contributed by atoms with E-state index < -0.39 is 55.9 Å². The molecule has 1 aromatic carbocycles. The second-order valence-corrected chi connectivity index (χ2v) is 10.9. The molecule has 0 amide bonds. The quantitative estimate of drug-likeness (QED) is 0.252. The van der Waals surface area contributed by atoms with E-state index in [0.29, 0.717) is 17.4 Å². The van der Waals surface area contributed by atoms with Gasteiger partial charge in [-0.15, -0.1) is 0 Å². The number of esters is 1. The van der Waals surface area contributed by atoms with E-state index in [2.05, 4.69) is 10.1 Å². The molecule has 1 saturated heterocycles. The van der Waals surface area contributed by atoms with Gasteiger partial charge in [0.1, 0.15) is 30.3 Å². The number of nitrogens with zero attached hydrogens (tertiary/aromatic N) is 2. The maximum absolute atomic E-state index is 15.9. The van der Waals surface area contributed by atoms with Crippen LogP contribution < -0.4 is 21.0 Å². The summed E-state index contributed by atoms with van der Waals surface area (Å²) in [7, 11) is -4.58. The first-order chi connectivity index (χ1) is 18.2. The van der Waals surface area contributed by atoms with Crippen molar-refractivity contribution in [3.8, 4) is 5.75 Å². The number of nitrogen functional groups attached to an aromatic ring is 1. The van der Waals surface area contributed by atoms with Gasteiger partial charge in [0.15, 0.2) is 18.0 Å². The Balaban J connectivity index is 1.84. The number of carbonyl (C=O) groups excluding carboxylic acids is 1. The van der Waals surface area contributed by atoms with Crippen molar-refractivity contribution >= 4 is 19.5 Å². The number of para-hydroxylation sites is 1. The molecule has 0 spiro atoms. The largest absolute Gasteiger partial charge is 0.461 e. The summed E-state index contributed by atoms with van der Waals surface area (Å²) in [5, 5.41) is 12.9. The number of nitrogens with one attached hydrogen (secondary N) is 1. The van der Waals surface area contributed by atoms with E-state index in [1.54, 1.807) is 18.2 Å². The second-order valence-electron chi connectivity index (χ2n) is 9.25. The highest BCUT2D eigenvalue weighted by Crippen LogP contribution is 2.51. The fraction of sp³-hybridized carbons (Fsp3) is 0.542. The third-order valence-electron chi connectivity index (χ3n) is 6.14. The highest BCUT2D eigenvalue weighted by Gasteiger charge is 2.65. The van der Waals surface area contributed by atoms with Gasteiger partial charge in [0, 0.05) is 6.20 Å². The Morgan fingerprint density at radius 1 is 1.28 bits per heavy atom. The van der Waals surface area contributed by atoms with Crippen LogP contribution in [0.5, 0.6) is 5.75 Å². The first-order valence-electron chi connectivity index (χ1n) is 12.3. The van der Waals surface area contributed by atoms with Crippen molar-refractivity contribution in [1.29, 1.82) is 0 Å². The Labute approximate surface area is 224 Å². The van der Waals surface area contributed by atoms with Crippen molar-refractivity contribution in [3.05, 3.63) is 53.1 Å². The van der Waals surface area contributed by atoms with Crippen LogP contribution in [0.4, 0.5) is 14.6 Å². The molecule has 2 aromatic rings. The fourth-order valence-electron chi connectivity index (χ4n) is 3.86. The molecular weight excluding hydrogens is 541 g/mol. The number of hydrogen-bond donors (Lipinski definition) is 3. The minimum absolute atomic E-state index is 0.0439. The molecule has 39 heavy (non-hydrogen) atoms. The van der Waals surface area contributed by atoms with Gasteiger partial charge in [-0.1, -0.05) is 32.0 Å². The third-order valence-corrected chi connectivity index (χ3v) is 7.76. The van der Waals surface area contributed by atoms with Crippen LogP contribution in [0.2, 0.25) is 0 Å². The van der Waals surface area contributed by atoms with Crippen molar-refractivity contribution in [3.63, 3.8) is 0 Å². The normalized spacial score (nSPS) is 27.2. The van der Waals surface area contributed by atoms with Crippen LogP contribution in [0.3, 0.4) is 0 Å². The summed E-state index contributed by atoms with van der Waals surface area (Å²) < 4.78 is 66.9. The van der Waals surface area contributed by atoms with E-state index in [-0.39, 0.29) is 17.7 Å². The fourth-order valence-corrected chi connectivity index (χ4v) is 5.37. The molecule has 0 radical (unpaired) electrons. The van der Waals surface area contributed by atoms with Gasteiger partial charge < -0.3 is 24.8 Å². The number of hydrogen-bond acceptors (Lipinski definition) is 10. The highest BCUT2D eigenvalue weighted by atomic mass is 31.2. The molecule has 1 aliphatic rings. The van der Waals surface area contributed by atoms with E-state index >= 15 is 8.78 Å². The van der Waals surface area contributed by atoms with Crippen molar-refractivity contribution in [2.45, 2.75) is 76.5 Å². The number of ether oxygens (including phenoxy) is 2. The van der Waals surface area contributed by atoms with E-state index in [9.17, 15) is 19.3 Å². The summed E-state index contributed by atoms with van der Waals surface area (Å²) in [6.07, 6.45) is -2.71. The summed E-state index contributed by atoms with van der Waals surface area (Å²) in [4.78, 5) is 28.2. The molecule has 1 aliphatic heterocycles. The van der Waals surface area contributed by atoms with Gasteiger partial charge in [-0.05, 0) is 44.9 Å². The first kappa shape index (κ1) is 30.6. The number of halogens is 2. The lowest BCUT2D eigenvalue weighted by Crippen LogP contribution is -2.47. The molecule has 0 aliphatic carbocycles. The van der Waals surface area contributed by atoms with E-state index in [0.717, 1.165) is 19.2 Å². The van der Waals surface area contributed by atoms with Gasteiger partial charge in [0.05, 0.1) is 0 Å². The number of aromatic nitrogens is 2. The van der Waals surface area contributed by atoms with Crippen molar-refractivity contribution in [1.82, 2.24) is 14.6 Å². The van der Waals surface area contributed by atoms with E-state index in [1.807, 2.05) is 13.8 Å². The van der Waals surface area contributed by atoms with Crippen LogP contribution >= 0.6 is 7.75 Å². The molecule has 12 nitrogen and oxygen atoms in total. The number of aliphatic hydroxyl groups excluding tert-OH is 1. The molecule has 1 aromatic heterocycles. The SMILES string of the molecule is CCC(CC)OC(=O)[C@H](C)N[P@](=O)(OC[C@@]1(F)O[C@@H](n2ccc(N)nc2=O)[C@](C)(F)[C@@H]1O)Oc1ccccc1. The van der Waals surface area contributed by atoms with Gasteiger partial charge in [-0.25, -0.2) is 18.1 Å². The molecule has 15 heteroatoms.